The topological polar surface area (TPSA) is 63.1 Å². The molecule has 0 radical (unpaired) electrons. The van der Waals surface area contributed by atoms with Crippen LogP contribution in [0.1, 0.15) is 10.5 Å². The molecular formula is C9H4ClFN2O2. The fraction of sp³-hybridized carbons (Fsp3) is 0. The summed E-state index contributed by atoms with van der Waals surface area (Å²) in [6.07, 6.45) is 0. The van der Waals surface area contributed by atoms with Crippen LogP contribution in [0.5, 0.6) is 0 Å². The molecule has 0 saturated carbocycles. The van der Waals surface area contributed by atoms with Gasteiger partial charge in [0, 0.05) is 5.39 Å². The molecule has 2 rings (SSSR count). The van der Waals surface area contributed by atoms with Crippen molar-refractivity contribution >= 4 is 28.5 Å². The Hall–Kier alpha value is -1.75. The number of carboxylic acids is 1. The Kier molecular flexibility index (Phi) is 2.24. The lowest BCUT2D eigenvalue weighted by molar-refractivity contribution is 0.0692. The van der Waals surface area contributed by atoms with Gasteiger partial charge in [0.05, 0.1) is 5.52 Å². The summed E-state index contributed by atoms with van der Waals surface area (Å²) in [4.78, 5) is 18.1. The van der Waals surface area contributed by atoms with Crippen LogP contribution >= 0.6 is 11.6 Å². The van der Waals surface area contributed by atoms with Crippen LogP contribution in [-0.4, -0.2) is 21.0 Å². The third-order valence-electron chi connectivity index (χ3n) is 1.83. The van der Waals surface area contributed by atoms with Crippen molar-refractivity contribution in [3.05, 3.63) is 35.0 Å². The minimum absolute atomic E-state index is 0.131. The van der Waals surface area contributed by atoms with Gasteiger partial charge in [0.1, 0.15) is 5.82 Å². The maximum atomic E-state index is 12.9. The van der Waals surface area contributed by atoms with Crippen LogP contribution in [0, 0.1) is 5.82 Å². The summed E-state index contributed by atoms with van der Waals surface area (Å²) in [6.45, 7) is 0. The molecule has 0 atom stereocenters. The Bertz CT molecular complexity index is 559. The number of aromatic carboxylic acids is 1. The van der Waals surface area contributed by atoms with Gasteiger partial charge in [0.2, 0.25) is 5.28 Å². The molecule has 0 spiro atoms. The average molecular weight is 227 g/mol. The third-order valence-corrected chi connectivity index (χ3v) is 2.00. The van der Waals surface area contributed by atoms with Gasteiger partial charge in [-0.1, -0.05) is 0 Å². The monoisotopic (exact) mass is 226 g/mol. The number of carboxylic acid groups (broad SMARTS) is 1. The van der Waals surface area contributed by atoms with E-state index in [1.807, 2.05) is 0 Å². The molecule has 15 heavy (non-hydrogen) atoms. The Morgan fingerprint density at radius 2 is 2.13 bits per heavy atom. The van der Waals surface area contributed by atoms with Crippen LogP contribution in [0.25, 0.3) is 10.9 Å². The molecule has 0 aliphatic heterocycles. The number of aromatic nitrogens is 2. The van der Waals surface area contributed by atoms with Gasteiger partial charge in [0.15, 0.2) is 5.69 Å². The van der Waals surface area contributed by atoms with Crippen molar-refractivity contribution in [3.8, 4) is 0 Å². The summed E-state index contributed by atoms with van der Waals surface area (Å²) in [5, 5.41) is 8.78. The maximum absolute atomic E-state index is 12.9. The molecule has 0 bridgehead atoms. The van der Waals surface area contributed by atoms with Crippen LogP contribution in [0.4, 0.5) is 4.39 Å². The van der Waals surface area contributed by atoms with Gasteiger partial charge in [-0.05, 0) is 29.8 Å². The van der Waals surface area contributed by atoms with Gasteiger partial charge in [-0.3, -0.25) is 0 Å². The number of hydrogen-bond donors (Lipinski definition) is 1. The number of fused-ring (bicyclic) bond motifs is 1. The maximum Gasteiger partial charge on any atom is 0.355 e. The molecule has 0 fully saturated rings. The largest absolute Gasteiger partial charge is 0.476 e. The summed E-state index contributed by atoms with van der Waals surface area (Å²) >= 11 is 5.53. The van der Waals surface area contributed by atoms with E-state index in [-0.39, 0.29) is 16.4 Å². The minimum Gasteiger partial charge on any atom is -0.476 e. The van der Waals surface area contributed by atoms with Crippen molar-refractivity contribution in [1.29, 1.82) is 0 Å². The number of nitrogens with zero attached hydrogens (tertiary/aromatic N) is 2. The van der Waals surface area contributed by atoms with Crippen molar-refractivity contribution in [2.75, 3.05) is 0 Å². The Balaban J connectivity index is 2.87. The molecular weight excluding hydrogens is 223 g/mol. The second-order valence-electron chi connectivity index (χ2n) is 2.81. The zero-order chi connectivity index (χ0) is 11.0. The first kappa shape index (κ1) is 9.79. The van der Waals surface area contributed by atoms with Gasteiger partial charge < -0.3 is 5.11 Å². The van der Waals surface area contributed by atoms with Crippen molar-refractivity contribution in [1.82, 2.24) is 9.97 Å². The second-order valence-corrected chi connectivity index (χ2v) is 3.15. The minimum atomic E-state index is -1.27. The Morgan fingerprint density at radius 3 is 2.80 bits per heavy atom. The van der Waals surface area contributed by atoms with E-state index in [9.17, 15) is 9.18 Å². The van der Waals surface area contributed by atoms with Gasteiger partial charge in [-0.15, -0.1) is 0 Å². The summed E-state index contributed by atoms with van der Waals surface area (Å²) in [6, 6.07) is 3.59. The summed E-state index contributed by atoms with van der Waals surface area (Å²) in [5.74, 6) is -1.81. The van der Waals surface area contributed by atoms with Crippen LogP contribution < -0.4 is 0 Å². The molecule has 4 nitrogen and oxygen atoms in total. The van der Waals surface area contributed by atoms with Gasteiger partial charge in [-0.25, -0.2) is 19.2 Å². The second kappa shape index (κ2) is 3.43. The van der Waals surface area contributed by atoms with E-state index in [1.165, 1.54) is 12.1 Å². The Morgan fingerprint density at radius 1 is 1.40 bits per heavy atom. The fourth-order valence-corrected chi connectivity index (χ4v) is 1.41. The molecule has 0 aliphatic rings. The highest BCUT2D eigenvalue weighted by molar-refractivity contribution is 6.29. The van der Waals surface area contributed by atoms with Crippen molar-refractivity contribution in [3.63, 3.8) is 0 Å². The molecule has 0 amide bonds. The third kappa shape index (κ3) is 1.73. The van der Waals surface area contributed by atoms with E-state index in [2.05, 4.69) is 9.97 Å². The lowest BCUT2D eigenvalue weighted by Gasteiger charge is -2.01. The van der Waals surface area contributed by atoms with Crippen LogP contribution in [0.15, 0.2) is 18.2 Å². The number of hydrogen-bond acceptors (Lipinski definition) is 3. The zero-order valence-corrected chi connectivity index (χ0v) is 7.99. The van der Waals surface area contributed by atoms with E-state index in [0.29, 0.717) is 5.52 Å². The number of carbonyl (C=O) groups is 1. The fourth-order valence-electron chi connectivity index (χ4n) is 1.24. The first-order chi connectivity index (χ1) is 7.08. The highest BCUT2D eigenvalue weighted by atomic mass is 35.5. The standard InChI is InChI=1S/C9H4ClFN2O2/c10-9-12-6-2-1-4(11)3-5(6)7(13-9)8(14)15/h1-3H,(H,14,15). The normalized spacial score (nSPS) is 10.5. The zero-order valence-electron chi connectivity index (χ0n) is 7.24. The molecule has 0 saturated heterocycles. The van der Waals surface area contributed by atoms with Crippen LogP contribution in [0.3, 0.4) is 0 Å². The molecule has 1 heterocycles. The summed E-state index contributed by atoms with van der Waals surface area (Å²) < 4.78 is 12.9. The SMILES string of the molecule is O=C(O)c1nc(Cl)nc2ccc(F)cc12. The smallest absolute Gasteiger partial charge is 0.355 e. The van der Waals surface area contributed by atoms with Crippen molar-refractivity contribution in [2.45, 2.75) is 0 Å². The summed E-state index contributed by atoms with van der Waals surface area (Å²) in [5.41, 5.74) is -0.00157. The molecule has 0 unspecified atom stereocenters. The first-order valence-corrected chi connectivity index (χ1v) is 4.32. The number of halogens is 2. The van der Waals surface area contributed by atoms with E-state index in [1.54, 1.807) is 0 Å². The molecule has 2 aromatic rings. The molecule has 6 heteroatoms. The lowest BCUT2D eigenvalue weighted by atomic mass is 10.2. The summed E-state index contributed by atoms with van der Waals surface area (Å²) in [7, 11) is 0. The van der Waals surface area contributed by atoms with Gasteiger partial charge in [0.25, 0.3) is 0 Å². The predicted molar refractivity (Wildman–Crippen MR) is 51.5 cm³/mol. The highest BCUT2D eigenvalue weighted by Crippen LogP contribution is 2.18. The van der Waals surface area contributed by atoms with E-state index >= 15 is 0 Å². The van der Waals surface area contributed by atoms with Gasteiger partial charge >= 0.3 is 5.97 Å². The average Bonchev–Trinajstić information content (AvgIpc) is 2.17. The van der Waals surface area contributed by atoms with Crippen LogP contribution in [-0.2, 0) is 0 Å². The van der Waals surface area contributed by atoms with Crippen LogP contribution in [0.2, 0.25) is 5.28 Å². The van der Waals surface area contributed by atoms with Crippen molar-refractivity contribution in [2.24, 2.45) is 0 Å². The predicted octanol–water partition coefficient (Wildman–Crippen LogP) is 2.12. The molecule has 1 N–H and O–H groups in total. The number of benzene rings is 1. The van der Waals surface area contributed by atoms with Gasteiger partial charge in [-0.2, -0.15) is 0 Å². The Labute approximate surface area is 88.3 Å². The molecule has 76 valence electrons. The quantitative estimate of drug-likeness (QED) is 0.757. The highest BCUT2D eigenvalue weighted by Gasteiger charge is 2.13. The number of rotatable bonds is 1. The van der Waals surface area contributed by atoms with E-state index < -0.39 is 11.8 Å². The lowest BCUT2D eigenvalue weighted by Crippen LogP contribution is -2.03. The molecule has 0 aliphatic carbocycles. The molecule has 1 aromatic heterocycles. The van der Waals surface area contributed by atoms with Crippen molar-refractivity contribution < 1.29 is 14.3 Å². The van der Waals surface area contributed by atoms with E-state index in [0.717, 1.165) is 6.07 Å². The molecule has 1 aromatic carbocycles. The first-order valence-electron chi connectivity index (χ1n) is 3.94. The van der Waals surface area contributed by atoms with E-state index in [4.69, 9.17) is 16.7 Å².